The molecule has 0 bridgehead atoms. The lowest BCUT2D eigenvalue weighted by molar-refractivity contribution is 0.643. The minimum absolute atomic E-state index is 0.528. The number of hydrogen-bond donors (Lipinski definition) is 0. The molecule has 0 radical (unpaired) electrons. The van der Waals surface area contributed by atoms with E-state index in [-0.39, 0.29) is 0 Å². The van der Waals surface area contributed by atoms with E-state index < -0.39 is 8.07 Å². The van der Waals surface area contributed by atoms with Crippen molar-refractivity contribution < 1.29 is 0 Å². The van der Waals surface area contributed by atoms with Gasteiger partial charge in [-0.1, -0.05) is 53.3 Å². The Bertz CT molecular complexity index is 174. The Morgan fingerprint density at radius 2 is 1.79 bits per heavy atom. The van der Waals surface area contributed by atoms with Crippen molar-refractivity contribution in [2.75, 3.05) is 0 Å². The minimum atomic E-state index is -1.09. The Balaban J connectivity index is 4.21. The van der Waals surface area contributed by atoms with E-state index in [2.05, 4.69) is 47.4 Å². The van der Waals surface area contributed by atoms with E-state index in [1.165, 1.54) is 19.3 Å². The van der Waals surface area contributed by atoms with E-state index in [0.29, 0.717) is 5.04 Å². The maximum absolute atomic E-state index is 3.78. The van der Waals surface area contributed by atoms with Crippen LogP contribution >= 0.6 is 0 Å². The fourth-order valence-electron chi connectivity index (χ4n) is 1.67. The molecule has 0 aromatic heterocycles. The second-order valence-electron chi connectivity index (χ2n) is 6.09. The van der Waals surface area contributed by atoms with Crippen LogP contribution in [-0.4, -0.2) is 8.07 Å². The van der Waals surface area contributed by atoms with Crippen molar-refractivity contribution >= 4 is 8.07 Å². The standard InChI is InChI=1S/C13H28Si/c1-8-9-10-11-12(2)14(6,7)13(3,4)5/h8,12H,1,9-11H2,2-7H3. The van der Waals surface area contributed by atoms with E-state index in [0.717, 1.165) is 5.54 Å². The molecule has 1 heteroatoms. The highest BCUT2D eigenvalue weighted by Crippen LogP contribution is 2.45. The molecule has 0 heterocycles. The van der Waals surface area contributed by atoms with Crippen molar-refractivity contribution in [1.29, 1.82) is 0 Å². The monoisotopic (exact) mass is 212 g/mol. The lowest BCUT2D eigenvalue weighted by Gasteiger charge is -2.42. The van der Waals surface area contributed by atoms with Crippen LogP contribution in [-0.2, 0) is 0 Å². The molecule has 0 rings (SSSR count). The lowest BCUT2D eigenvalue weighted by Crippen LogP contribution is -2.41. The number of unbranched alkanes of at least 4 members (excludes halogenated alkanes) is 1. The first-order chi connectivity index (χ1) is 6.23. The van der Waals surface area contributed by atoms with Crippen LogP contribution in [0.3, 0.4) is 0 Å². The molecule has 0 aromatic carbocycles. The third-order valence-electron chi connectivity index (χ3n) is 4.21. The van der Waals surface area contributed by atoms with Gasteiger partial charge in [-0.2, -0.15) is 0 Å². The van der Waals surface area contributed by atoms with Crippen molar-refractivity contribution in [3.63, 3.8) is 0 Å². The van der Waals surface area contributed by atoms with Crippen molar-refractivity contribution in [2.24, 2.45) is 0 Å². The molecule has 0 aromatic rings. The highest BCUT2D eigenvalue weighted by atomic mass is 28.3. The maximum atomic E-state index is 3.78. The van der Waals surface area contributed by atoms with Gasteiger partial charge in [-0.05, 0) is 23.4 Å². The van der Waals surface area contributed by atoms with Crippen LogP contribution in [0.25, 0.3) is 0 Å². The zero-order chi connectivity index (χ0) is 11.4. The second-order valence-corrected chi connectivity index (χ2v) is 12.0. The van der Waals surface area contributed by atoms with E-state index in [1.807, 2.05) is 6.08 Å². The van der Waals surface area contributed by atoms with Crippen LogP contribution in [0.5, 0.6) is 0 Å². The summed E-state index contributed by atoms with van der Waals surface area (Å²) >= 11 is 0. The lowest BCUT2D eigenvalue weighted by atomic mass is 10.2. The average molecular weight is 212 g/mol. The Morgan fingerprint density at radius 1 is 1.29 bits per heavy atom. The smallest absolute Gasteiger partial charge is 0.0556 e. The first-order valence-electron chi connectivity index (χ1n) is 5.84. The molecule has 84 valence electrons. The Hall–Kier alpha value is -0.0431. The Morgan fingerprint density at radius 3 is 2.14 bits per heavy atom. The first kappa shape index (κ1) is 14.0. The molecule has 0 saturated heterocycles. The zero-order valence-corrected chi connectivity index (χ0v) is 12.0. The van der Waals surface area contributed by atoms with Crippen molar-refractivity contribution in [3.05, 3.63) is 12.7 Å². The van der Waals surface area contributed by atoms with Gasteiger partial charge in [0.05, 0.1) is 8.07 Å². The molecule has 0 aliphatic heterocycles. The first-order valence-corrected chi connectivity index (χ1v) is 8.92. The van der Waals surface area contributed by atoms with Gasteiger partial charge in [-0.15, -0.1) is 6.58 Å². The van der Waals surface area contributed by atoms with E-state index in [9.17, 15) is 0 Å². The molecule has 0 aliphatic carbocycles. The van der Waals surface area contributed by atoms with Gasteiger partial charge in [-0.25, -0.2) is 0 Å². The normalized spacial score (nSPS) is 15.3. The summed E-state index contributed by atoms with van der Waals surface area (Å²) in [6, 6.07) is 0. The molecule has 0 saturated carbocycles. The van der Waals surface area contributed by atoms with Gasteiger partial charge >= 0.3 is 0 Å². The number of allylic oxidation sites excluding steroid dienone is 1. The maximum Gasteiger partial charge on any atom is 0.0556 e. The third kappa shape index (κ3) is 3.60. The number of rotatable bonds is 5. The van der Waals surface area contributed by atoms with Crippen LogP contribution in [0.2, 0.25) is 23.7 Å². The van der Waals surface area contributed by atoms with Crippen LogP contribution in [0.15, 0.2) is 12.7 Å². The predicted octanol–water partition coefficient (Wildman–Crippen LogP) is 5.24. The highest BCUT2D eigenvalue weighted by molar-refractivity contribution is 6.81. The molecule has 1 atom stereocenters. The van der Waals surface area contributed by atoms with Gasteiger partial charge < -0.3 is 0 Å². The van der Waals surface area contributed by atoms with E-state index in [4.69, 9.17) is 0 Å². The van der Waals surface area contributed by atoms with Crippen molar-refractivity contribution in [2.45, 2.75) is 70.6 Å². The molecule has 1 unspecified atom stereocenters. The average Bonchev–Trinajstić information content (AvgIpc) is 2.02. The Kier molecular flexibility index (Phi) is 5.14. The van der Waals surface area contributed by atoms with Gasteiger partial charge in [0.25, 0.3) is 0 Å². The molecule has 0 aliphatic rings. The molecule has 0 fully saturated rings. The van der Waals surface area contributed by atoms with Gasteiger partial charge in [-0.3, -0.25) is 0 Å². The van der Waals surface area contributed by atoms with Crippen LogP contribution in [0, 0.1) is 0 Å². The minimum Gasteiger partial charge on any atom is -0.103 e. The molecule has 14 heavy (non-hydrogen) atoms. The van der Waals surface area contributed by atoms with Crippen LogP contribution < -0.4 is 0 Å². The largest absolute Gasteiger partial charge is 0.103 e. The van der Waals surface area contributed by atoms with E-state index >= 15 is 0 Å². The summed E-state index contributed by atoms with van der Waals surface area (Å²) in [4.78, 5) is 0. The van der Waals surface area contributed by atoms with Gasteiger partial charge in [0.15, 0.2) is 0 Å². The van der Waals surface area contributed by atoms with Crippen LogP contribution in [0.4, 0.5) is 0 Å². The summed E-state index contributed by atoms with van der Waals surface area (Å²) in [5.41, 5.74) is 0.919. The molecular formula is C13H28Si. The molecule has 0 spiro atoms. The quantitative estimate of drug-likeness (QED) is 0.332. The van der Waals surface area contributed by atoms with Gasteiger partial charge in [0, 0.05) is 0 Å². The molecular weight excluding hydrogens is 184 g/mol. The SMILES string of the molecule is C=CCCCC(C)[Si](C)(C)C(C)(C)C. The van der Waals surface area contributed by atoms with Gasteiger partial charge in [0.1, 0.15) is 0 Å². The second kappa shape index (κ2) is 5.15. The Labute approximate surface area is 91.8 Å². The third-order valence-corrected chi connectivity index (χ3v) is 10.8. The topological polar surface area (TPSA) is 0 Å². The molecule has 0 amide bonds. The summed E-state index contributed by atoms with van der Waals surface area (Å²) in [5.74, 6) is 0. The molecule has 0 N–H and O–H groups in total. The van der Waals surface area contributed by atoms with Gasteiger partial charge in [0.2, 0.25) is 0 Å². The van der Waals surface area contributed by atoms with Crippen molar-refractivity contribution in [3.8, 4) is 0 Å². The predicted molar refractivity (Wildman–Crippen MR) is 70.7 cm³/mol. The molecule has 0 nitrogen and oxygen atoms in total. The number of hydrogen-bond acceptors (Lipinski definition) is 0. The zero-order valence-electron chi connectivity index (χ0n) is 11.0. The van der Waals surface area contributed by atoms with E-state index in [1.54, 1.807) is 0 Å². The van der Waals surface area contributed by atoms with Crippen LogP contribution in [0.1, 0.15) is 47.0 Å². The fraction of sp³-hybridized carbons (Fsp3) is 0.846. The fourth-order valence-corrected chi connectivity index (χ4v) is 4.07. The van der Waals surface area contributed by atoms with Crippen molar-refractivity contribution in [1.82, 2.24) is 0 Å². The summed E-state index contributed by atoms with van der Waals surface area (Å²) in [6.07, 6.45) is 5.91. The summed E-state index contributed by atoms with van der Waals surface area (Å²) in [7, 11) is -1.09. The highest BCUT2D eigenvalue weighted by Gasteiger charge is 2.39. The summed E-state index contributed by atoms with van der Waals surface area (Å²) in [6.45, 7) is 18.5. The summed E-state index contributed by atoms with van der Waals surface area (Å²) < 4.78 is 0. The summed E-state index contributed by atoms with van der Waals surface area (Å²) in [5, 5.41) is 0.528.